The van der Waals surface area contributed by atoms with Gasteiger partial charge in [-0.3, -0.25) is 10.1 Å². The van der Waals surface area contributed by atoms with Crippen molar-refractivity contribution < 1.29 is 14.8 Å². The van der Waals surface area contributed by atoms with Crippen molar-refractivity contribution in [2.45, 2.75) is 6.42 Å². The Kier molecular flexibility index (Phi) is 4.19. The molecule has 0 bridgehead atoms. The van der Waals surface area contributed by atoms with E-state index in [-0.39, 0.29) is 11.3 Å². The average Bonchev–Trinajstić information content (AvgIpc) is 2.62. The minimum Gasteiger partial charge on any atom is -0.478 e. The first kappa shape index (κ1) is 14.3. The summed E-state index contributed by atoms with van der Waals surface area (Å²) in [5.74, 6) is -1.08. The fourth-order valence-corrected chi connectivity index (χ4v) is 2.35. The van der Waals surface area contributed by atoms with E-state index in [4.69, 9.17) is 5.11 Å². The molecular weight excluding hydrogens is 262 g/mol. The maximum Gasteiger partial charge on any atom is 0.335 e. The van der Waals surface area contributed by atoms with Gasteiger partial charge >= 0.3 is 5.97 Å². The smallest absolute Gasteiger partial charge is 0.335 e. The van der Waals surface area contributed by atoms with Crippen LogP contribution in [0.2, 0.25) is 0 Å². The van der Waals surface area contributed by atoms with E-state index in [1.807, 2.05) is 11.9 Å². The Morgan fingerprint density at radius 1 is 1.30 bits per heavy atom. The number of nitro groups is 1. The van der Waals surface area contributed by atoms with E-state index in [9.17, 15) is 14.9 Å². The van der Waals surface area contributed by atoms with Crippen LogP contribution in [0.4, 0.5) is 11.4 Å². The summed E-state index contributed by atoms with van der Waals surface area (Å²) in [5, 5.41) is 20.2. The number of hydrogen-bond donors (Lipinski definition) is 1. The van der Waals surface area contributed by atoms with Crippen molar-refractivity contribution in [2.24, 2.45) is 0 Å². The topological polar surface area (TPSA) is 86.9 Å². The second-order valence-electron chi connectivity index (χ2n) is 4.91. The molecule has 1 fully saturated rings. The highest BCUT2D eigenvalue weighted by molar-refractivity contribution is 5.90. The summed E-state index contributed by atoms with van der Waals surface area (Å²) in [6.07, 6.45) is 0.894. The SMILES string of the molecule is CN1CCCN(c2cc(C(=O)O)ccc2[N+](=O)[O-])CC1. The number of nitro benzene ring substituents is 1. The van der Waals surface area contributed by atoms with Gasteiger partial charge in [-0.15, -0.1) is 0 Å². The third kappa shape index (κ3) is 3.05. The minimum absolute atomic E-state index is 0.0421. The lowest BCUT2D eigenvalue weighted by atomic mass is 10.1. The van der Waals surface area contributed by atoms with Crippen molar-refractivity contribution in [1.29, 1.82) is 0 Å². The third-order valence-corrected chi connectivity index (χ3v) is 3.48. The number of hydrogen-bond acceptors (Lipinski definition) is 5. The predicted octanol–water partition coefficient (Wildman–Crippen LogP) is 1.43. The summed E-state index contributed by atoms with van der Waals surface area (Å²) in [5.41, 5.74) is 0.424. The predicted molar refractivity (Wildman–Crippen MR) is 74.4 cm³/mol. The number of carboxylic acids is 1. The van der Waals surface area contributed by atoms with Crippen LogP contribution in [0.1, 0.15) is 16.8 Å². The summed E-state index contributed by atoms with van der Waals surface area (Å²) < 4.78 is 0. The highest BCUT2D eigenvalue weighted by atomic mass is 16.6. The van der Waals surface area contributed by atoms with E-state index in [1.54, 1.807) is 0 Å². The Bertz CT molecular complexity index is 532. The Morgan fingerprint density at radius 2 is 2.05 bits per heavy atom. The molecule has 7 nitrogen and oxygen atoms in total. The molecule has 0 unspecified atom stereocenters. The standard InChI is InChI=1S/C13H17N3O4/c1-14-5-2-6-15(8-7-14)12-9-10(13(17)18)3-4-11(12)16(19)20/h3-4,9H,2,5-8H2,1H3,(H,17,18). The van der Waals surface area contributed by atoms with E-state index >= 15 is 0 Å². The summed E-state index contributed by atoms with van der Waals surface area (Å²) >= 11 is 0. The first-order valence-corrected chi connectivity index (χ1v) is 6.44. The van der Waals surface area contributed by atoms with Crippen LogP contribution in [0.3, 0.4) is 0 Å². The molecule has 1 aromatic carbocycles. The van der Waals surface area contributed by atoms with Crippen LogP contribution in [0, 0.1) is 10.1 Å². The van der Waals surface area contributed by atoms with Crippen LogP contribution in [-0.2, 0) is 0 Å². The number of carboxylic acid groups (broad SMARTS) is 1. The number of benzene rings is 1. The zero-order chi connectivity index (χ0) is 14.7. The molecule has 0 atom stereocenters. The number of rotatable bonds is 3. The molecule has 1 aliphatic rings. The van der Waals surface area contributed by atoms with Gasteiger partial charge in [-0.2, -0.15) is 0 Å². The van der Waals surface area contributed by atoms with Crippen LogP contribution in [0.15, 0.2) is 18.2 Å². The molecular formula is C13H17N3O4. The molecule has 1 saturated heterocycles. The zero-order valence-electron chi connectivity index (χ0n) is 11.3. The number of anilines is 1. The lowest BCUT2D eigenvalue weighted by molar-refractivity contribution is -0.384. The van der Waals surface area contributed by atoms with Crippen molar-refractivity contribution >= 4 is 17.3 Å². The molecule has 0 aliphatic carbocycles. The van der Waals surface area contributed by atoms with Crippen LogP contribution < -0.4 is 4.90 Å². The Labute approximate surface area is 116 Å². The molecule has 0 aromatic heterocycles. The van der Waals surface area contributed by atoms with Gasteiger partial charge in [0.15, 0.2) is 0 Å². The lowest BCUT2D eigenvalue weighted by Gasteiger charge is -2.22. The van der Waals surface area contributed by atoms with Gasteiger partial charge in [0.1, 0.15) is 5.69 Å². The molecule has 1 aromatic rings. The van der Waals surface area contributed by atoms with E-state index in [0.29, 0.717) is 18.8 Å². The Balaban J connectivity index is 2.38. The first-order chi connectivity index (χ1) is 9.49. The van der Waals surface area contributed by atoms with Crippen LogP contribution >= 0.6 is 0 Å². The van der Waals surface area contributed by atoms with Crippen molar-refractivity contribution in [3.8, 4) is 0 Å². The quantitative estimate of drug-likeness (QED) is 0.665. The first-order valence-electron chi connectivity index (χ1n) is 6.44. The van der Waals surface area contributed by atoms with Gasteiger partial charge in [-0.25, -0.2) is 4.79 Å². The van der Waals surface area contributed by atoms with Crippen LogP contribution in [-0.4, -0.2) is 54.1 Å². The summed E-state index contributed by atoms with van der Waals surface area (Å²) in [6, 6.07) is 3.94. The van der Waals surface area contributed by atoms with Gasteiger partial charge in [0.25, 0.3) is 5.69 Å². The minimum atomic E-state index is -1.08. The van der Waals surface area contributed by atoms with E-state index in [0.717, 1.165) is 19.5 Å². The van der Waals surface area contributed by atoms with Crippen molar-refractivity contribution in [1.82, 2.24) is 4.90 Å². The van der Waals surface area contributed by atoms with Gasteiger partial charge in [-0.1, -0.05) is 0 Å². The maximum atomic E-state index is 11.1. The van der Waals surface area contributed by atoms with E-state index < -0.39 is 10.9 Å². The maximum absolute atomic E-state index is 11.1. The van der Waals surface area contributed by atoms with Gasteiger partial charge in [0.2, 0.25) is 0 Å². The normalized spacial score (nSPS) is 16.8. The second kappa shape index (κ2) is 5.87. The molecule has 1 heterocycles. The van der Waals surface area contributed by atoms with Crippen molar-refractivity contribution in [3.63, 3.8) is 0 Å². The van der Waals surface area contributed by atoms with Gasteiger partial charge < -0.3 is 14.9 Å². The van der Waals surface area contributed by atoms with E-state index in [2.05, 4.69) is 4.90 Å². The van der Waals surface area contributed by atoms with E-state index in [1.165, 1.54) is 18.2 Å². The molecule has 1 N–H and O–H groups in total. The average molecular weight is 279 g/mol. The summed E-state index contributed by atoms with van der Waals surface area (Å²) in [6.45, 7) is 3.08. The second-order valence-corrected chi connectivity index (χ2v) is 4.91. The third-order valence-electron chi connectivity index (χ3n) is 3.48. The molecule has 0 spiro atoms. The Hall–Kier alpha value is -2.15. The number of aromatic carboxylic acids is 1. The monoisotopic (exact) mass is 279 g/mol. The fourth-order valence-electron chi connectivity index (χ4n) is 2.35. The highest BCUT2D eigenvalue weighted by Crippen LogP contribution is 2.30. The zero-order valence-corrected chi connectivity index (χ0v) is 11.3. The summed E-state index contributed by atoms with van der Waals surface area (Å²) in [7, 11) is 2.01. The van der Waals surface area contributed by atoms with Gasteiger partial charge in [0, 0.05) is 25.7 Å². The Morgan fingerprint density at radius 3 is 2.70 bits per heavy atom. The largest absolute Gasteiger partial charge is 0.478 e. The fraction of sp³-hybridized carbons (Fsp3) is 0.462. The molecule has 108 valence electrons. The highest BCUT2D eigenvalue weighted by Gasteiger charge is 2.23. The molecule has 0 amide bonds. The molecule has 1 aliphatic heterocycles. The number of likely N-dealkylation sites (N-methyl/N-ethyl adjacent to an activating group) is 1. The summed E-state index contributed by atoms with van der Waals surface area (Å²) in [4.78, 5) is 25.8. The molecule has 7 heteroatoms. The molecule has 20 heavy (non-hydrogen) atoms. The molecule has 0 saturated carbocycles. The molecule has 0 radical (unpaired) electrons. The lowest BCUT2D eigenvalue weighted by Crippen LogP contribution is -2.29. The van der Waals surface area contributed by atoms with Crippen molar-refractivity contribution in [2.75, 3.05) is 38.1 Å². The van der Waals surface area contributed by atoms with Crippen LogP contribution in [0.25, 0.3) is 0 Å². The number of carbonyl (C=O) groups is 1. The molecule has 2 rings (SSSR count). The van der Waals surface area contributed by atoms with Crippen LogP contribution in [0.5, 0.6) is 0 Å². The van der Waals surface area contributed by atoms with Crippen molar-refractivity contribution in [3.05, 3.63) is 33.9 Å². The van der Waals surface area contributed by atoms with Gasteiger partial charge in [0.05, 0.1) is 10.5 Å². The number of nitrogens with zero attached hydrogens (tertiary/aromatic N) is 3. The van der Waals surface area contributed by atoms with Gasteiger partial charge in [-0.05, 0) is 32.1 Å².